The molecule has 1 aliphatic rings. The van der Waals surface area contributed by atoms with Crippen molar-refractivity contribution in [3.05, 3.63) is 58.1 Å². The second-order valence-electron chi connectivity index (χ2n) is 7.03. The Kier molecular flexibility index (Phi) is 5.17. The summed E-state index contributed by atoms with van der Waals surface area (Å²) in [7, 11) is 0. The van der Waals surface area contributed by atoms with Gasteiger partial charge in [-0.1, -0.05) is 43.3 Å². The van der Waals surface area contributed by atoms with Gasteiger partial charge in [0.25, 0.3) is 5.56 Å². The normalized spacial score (nSPS) is 15.6. The van der Waals surface area contributed by atoms with Crippen LogP contribution < -0.4 is 10.9 Å². The van der Waals surface area contributed by atoms with Crippen molar-refractivity contribution in [3.8, 4) is 0 Å². The molecule has 28 heavy (non-hydrogen) atoms. The van der Waals surface area contributed by atoms with Gasteiger partial charge in [0, 0.05) is 35.0 Å². The lowest BCUT2D eigenvalue weighted by Crippen LogP contribution is -2.27. The van der Waals surface area contributed by atoms with E-state index in [2.05, 4.69) is 22.2 Å². The van der Waals surface area contributed by atoms with E-state index < -0.39 is 0 Å². The van der Waals surface area contributed by atoms with Crippen LogP contribution in [0, 0.1) is 6.92 Å². The van der Waals surface area contributed by atoms with Gasteiger partial charge in [-0.05, 0) is 25.5 Å². The zero-order chi connectivity index (χ0) is 19.7. The number of anilines is 1. The second-order valence-corrected chi connectivity index (χ2v) is 8.02. The third kappa shape index (κ3) is 3.67. The topological polar surface area (TPSA) is 76.9 Å². The zero-order valence-electron chi connectivity index (χ0n) is 15.9. The number of hydrogen-bond acceptors (Lipinski definition) is 5. The Morgan fingerprint density at radius 2 is 2.11 bits per heavy atom. The fraction of sp³-hybridized carbons (Fsp3) is 0.333. The minimum absolute atomic E-state index is 0.0681. The van der Waals surface area contributed by atoms with Crippen LogP contribution in [-0.2, 0) is 11.2 Å². The highest BCUT2D eigenvalue weighted by Crippen LogP contribution is 2.32. The molecule has 1 aromatic carbocycles. The Bertz CT molecular complexity index is 1110. The smallest absolute Gasteiger partial charge is 0.254 e. The van der Waals surface area contributed by atoms with Crippen LogP contribution >= 0.6 is 11.8 Å². The summed E-state index contributed by atoms with van der Waals surface area (Å²) in [4.78, 5) is 34.4. The summed E-state index contributed by atoms with van der Waals surface area (Å²) in [6.45, 7) is 3.97. The number of thioether (sulfide) groups is 1. The molecule has 0 bridgehead atoms. The lowest BCUT2D eigenvalue weighted by atomic mass is 10.1. The summed E-state index contributed by atoms with van der Waals surface area (Å²) in [5, 5.41) is 4.64. The van der Waals surface area contributed by atoms with Gasteiger partial charge in [-0.25, -0.2) is 4.98 Å². The summed E-state index contributed by atoms with van der Waals surface area (Å²) in [6, 6.07) is 11.0. The number of nitrogens with zero attached hydrogens (tertiary/aromatic N) is 3. The first-order chi connectivity index (χ1) is 13.5. The fourth-order valence-electron chi connectivity index (χ4n) is 3.56. The lowest BCUT2D eigenvalue weighted by Gasteiger charge is -2.14. The summed E-state index contributed by atoms with van der Waals surface area (Å²) in [6.07, 6.45) is 1.99. The van der Waals surface area contributed by atoms with Crippen molar-refractivity contribution < 1.29 is 4.79 Å². The van der Waals surface area contributed by atoms with Crippen molar-refractivity contribution >= 4 is 34.3 Å². The highest BCUT2D eigenvalue weighted by atomic mass is 32.2. The monoisotopic (exact) mass is 394 g/mol. The number of amides is 1. The highest BCUT2D eigenvalue weighted by molar-refractivity contribution is 7.99. The van der Waals surface area contributed by atoms with Gasteiger partial charge < -0.3 is 5.32 Å². The maximum Gasteiger partial charge on any atom is 0.254 e. The average molecular weight is 395 g/mol. The van der Waals surface area contributed by atoms with Gasteiger partial charge in [-0.15, -0.1) is 0 Å². The Labute approximate surface area is 167 Å². The number of pyridine rings is 1. The van der Waals surface area contributed by atoms with Crippen molar-refractivity contribution in [2.24, 2.45) is 0 Å². The molecule has 3 aromatic rings. The second kappa shape index (κ2) is 7.75. The van der Waals surface area contributed by atoms with Crippen LogP contribution in [0.2, 0.25) is 0 Å². The fourth-order valence-corrected chi connectivity index (χ4v) is 4.73. The van der Waals surface area contributed by atoms with Gasteiger partial charge in [-0.2, -0.15) is 0 Å². The van der Waals surface area contributed by atoms with E-state index in [0.29, 0.717) is 5.75 Å². The summed E-state index contributed by atoms with van der Waals surface area (Å²) >= 11 is 1.55. The molecule has 144 valence electrons. The van der Waals surface area contributed by atoms with Crippen LogP contribution in [0.4, 0.5) is 5.69 Å². The molecule has 0 saturated heterocycles. The number of fused-ring (bicyclic) bond motifs is 2. The van der Waals surface area contributed by atoms with Crippen LogP contribution in [0.15, 0.2) is 46.3 Å². The molecule has 2 aromatic heterocycles. The standard InChI is InChI=1S/C21H22N4O2S/c1-3-6-14-10-20(27)25-15(12-28-21(25)23-14)11-19(26)24-18-9-13(2)22-17-8-5-4-7-16(17)18/h4-5,7-10,15H,3,6,11-12H2,1-2H3,(H,22,24,26)/t15-/m1/s1. The van der Waals surface area contributed by atoms with Gasteiger partial charge >= 0.3 is 0 Å². The molecule has 1 aliphatic heterocycles. The number of aryl methyl sites for hydroxylation is 2. The maximum atomic E-state index is 12.7. The molecule has 1 N–H and O–H groups in total. The SMILES string of the molecule is CCCc1cc(=O)n2c(n1)SC[C@H]2CC(=O)Nc1cc(C)nc2ccccc12. The minimum Gasteiger partial charge on any atom is -0.325 e. The quantitative estimate of drug-likeness (QED) is 0.667. The van der Waals surface area contributed by atoms with Crippen LogP contribution in [0.5, 0.6) is 0 Å². The van der Waals surface area contributed by atoms with Crippen LogP contribution in [-0.4, -0.2) is 26.2 Å². The number of hydrogen-bond donors (Lipinski definition) is 1. The first-order valence-electron chi connectivity index (χ1n) is 9.46. The highest BCUT2D eigenvalue weighted by Gasteiger charge is 2.27. The van der Waals surface area contributed by atoms with Gasteiger partial charge in [0.15, 0.2) is 5.16 Å². The average Bonchev–Trinajstić information content (AvgIpc) is 3.05. The van der Waals surface area contributed by atoms with Crippen LogP contribution in [0.25, 0.3) is 10.9 Å². The van der Waals surface area contributed by atoms with E-state index in [-0.39, 0.29) is 23.9 Å². The number of aromatic nitrogens is 3. The molecule has 0 saturated carbocycles. The molecular formula is C21H22N4O2S. The van der Waals surface area contributed by atoms with Crippen molar-refractivity contribution in [1.29, 1.82) is 0 Å². The van der Waals surface area contributed by atoms with E-state index in [1.54, 1.807) is 22.4 Å². The van der Waals surface area contributed by atoms with Gasteiger partial charge in [0.2, 0.25) is 5.91 Å². The predicted octanol–water partition coefficient (Wildman–Crippen LogP) is 3.73. The number of nitrogens with one attached hydrogen (secondary N) is 1. The number of carbonyl (C=O) groups excluding carboxylic acids is 1. The Hall–Kier alpha value is -2.67. The Balaban J connectivity index is 1.55. The van der Waals surface area contributed by atoms with Gasteiger partial charge in [-0.3, -0.25) is 19.1 Å². The van der Waals surface area contributed by atoms with E-state index >= 15 is 0 Å². The third-order valence-corrected chi connectivity index (χ3v) is 5.89. The molecule has 1 amide bonds. The third-order valence-electron chi connectivity index (χ3n) is 4.79. The van der Waals surface area contributed by atoms with Crippen LogP contribution in [0.3, 0.4) is 0 Å². The minimum atomic E-state index is -0.176. The zero-order valence-corrected chi connectivity index (χ0v) is 16.8. The van der Waals surface area contributed by atoms with Crippen molar-refractivity contribution in [1.82, 2.24) is 14.5 Å². The molecule has 0 radical (unpaired) electrons. The molecule has 0 spiro atoms. The van der Waals surface area contributed by atoms with E-state index in [4.69, 9.17) is 0 Å². The molecule has 3 heterocycles. The Morgan fingerprint density at radius 3 is 2.93 bits per heavy atom. The molecule has 1 atom stereocenters. The van der Waals surface area contributed by atoms with Gasteiger partial charge in [0.1, 0.15) is 0 Å². The van der Waals surface area contributed by atoms with E-state index in [1.807, 2.05) is 37.3 Å². The molecule has 0 fully saturated rings. The first kappa shape index (κ1) is 18.7. The molecule has 7 heteroatoms. The van der Waals surface area contributed by atoms with Crippen LogP contribution in [0.1, 0.15) is 37.2 Å². The summed E-state index contributed by atoms with van der Waals surface area (Å²) in [5.41, 5.74) is 3.21. The van der Waals surface area contributed by atoms with Crippen molar-refractivity contribution in [2.45, 2.75) is 44.3 Å². The van der Waals surface area contributed by atoms with Crippen molar-refractivity contribution in [2.75, 3.05) is 11.1 Å². The summed E-state index contributed by atoms with van der Waals surface area (Å²) < 4.78 is 1.67. The van der Waals surface area contributed by atoms with Gasteiger partial charge in [0.05, 0.1) is 17.2 Å². The van der Waals surface area contributed by atoms with E-state index in [0.717, 1.165) is 46.0 Å². The summed E-state index contributed by atoms with van der Waals surface area (Å²) in [5.74, 6) is 0.570. The van der Waals surface area contributed by atoms with E-state index in [9.17, 15) is 9.59 Å². The van der Waals surface area contributed by atoms with Crippen molar-refractivity contribution in [3.63, 3.8) is 0 Å². The van der Waals surface area contributed by atoms with E-state index in [1.165, 1.54) is 0 Å². The Morgan fingerprint density at radius 1 is 1.29 bits per heavy atom. The first-order valence-corrected chi connectivity index (χ1v) is 10.4. The number of para-hydroxylation sites is 1. The molecule has 0 unspecified atom stereocenters. The molecular weight excluding hydrogens is 372 g/mol. The predicted molar refractivity (Wildman–Crippen MR) is 112 cm³/mol. The molecule has 0 aliphatic carbocycles. The lowest BCUT2D eigenvalue weighted by molar-refractivity contribution is -0.116. The largest absolute Gasteiger partial charge is 0.325 e. The number of benzene rings is 1. The molecule has 4 rings (SSSR count). The number of rotatable bonds is 5. The number of carbonyl (C=O) groups is 1. The maximum absolute atomic E-state index is 12.7. The molecule has 6 nitrogen and oxygen atoms in total.